The zero-order valence-corrected chi connectivity index (χ0v) is 16.3. The molecule has 0 fully saturated rings. The number of nitrogens with zero attached hydrogens (tertiary/aromatic N) is 1. The highest BCUT2D eigenvalue weighted by Gasteiger charge is 2.23. The molecule has 0 aliphatic rings. The molecule has 0 radical (unpaired) electrons. The van der Waals surface area contributed by atoms with Gasteiger partial charge in [-0.1, -0.05) is 18.2 Å². The number of anilines is 1. The second kappa shape index (κ2) is 7.46. The van der Waals surface area contributed by atoms with Crippen molar-refractivity contribution in [3.8, 4) is 0 Å². The first-order valence-electron chi connectivity index (χ1n) is 7.96. The van der Waals surface area contributed by atoms with Gasteiger partial charge in [-0.05, 0) is 24.3 Å². The van der Waals surface area contributed by atoms with Gasteiger partial charge in [0.2, 0.25) is 0 Å². The van der Waals surface area contributed by atoms with E-state index in [-0.39, 0.29) is 27.7 Å². The fourth-order valence-electron chi connectivity index (χ4n) is 2.85. The van der Waals surface area contributed by atoms with Gasteiger partial charge in [-0.3, -0.25) is 24.0 Å². The van der Waals surface area contributed by atoms with Crippen molar-refractivity contribution < 1.29 is 35.7 Å². The molecule has 0 unspecified atom stereocenters. The first-order chi connectivity index (χ1) is 13.9. The summed E-state index contributed by atoms with van der Waals surface area (Å²) in [5.74, 6) is -0.857. The largest absolute Gasteiger partial charge is 0.321 e. The van der Waals surface area contributed by atoms with Crippen LogP contribution in [-0.4, -0.2) is 36.8 Å². The average Bonchev–Trinajstić information content (AvgIpc) is 2.66. The minimum atomic E-state index is -4.85. The number of nitro groups is 1. The second-order valence-electron chi connectivity index (χ2n) is 6.00. The molecule has 0 saturated heterocycles. The summed E-state index contributed by atoms with van der Waals surface area (Å²) in [6, 6.07) is 9.98. The molecule has 3 rings (SSSR count). The fraction of sp³-hybridized carbons (Fsp3) is 0. The molecule has 13 heteroatoms. The van der Waals surface area contributed by atoms with E-state index in [9.17, 15) is 40.8 Å². The number of nitro benzene ring substituents is 1. The van der Waals surface area contributed by atoms with Crippen LogP contribution in [0, 0.1) is 10.1 Å². The molecule has 0 aliphatic heterocycles. The summed E-state index contributed by atoms with van der Waals surface area (Å²) in [5, 5.41) is 12.6. The third-order valence-corrected chi connectivity index (χ3v) is 5.89. The molecule has 0 heterocycles. The van der Waals surface area contributed by atoms with Crippen molar-refractivity contribution in [2.45, 2.75) is 9.79 Å². The Balaban J connectivity index is 2.23. The molecule has 0 aromatic heterocycles. The van der Waals surface area contributed by atoms with Gasteiger partial charge >= 0.3 is 0 Å². The topological polar surface area (TPSA) is 181 Å². The van der Waals surface area contributed by atoms with Crippen LogP contribution in [0.2, 0.25) is 0 Å². The van der Waals surface area contributed by atoms with Gasteiger partial charge in [0, 0.05) is 28.5 Å². The second-order valence-corrected chi connectivity index (χ2v) is 8.78. The number of rotatable bonds is 5. The molecule has 0 atom stereocenters. The van der Waals surface area contributed by atoms with E-state index in [2.05, 4.69) is 5.32 Å². The summed E-state index contributed by atoms with van der Waals surface area (Å²) < 4.78 is 65.8. The van der Waals surface area contributed by atoms with Crippen molar-refractivity contribution >= 4 is 48.3 Å². The van der Waals surface area contributed by atoms with Gasteiger partial charge < -0.3 is 5.32 Å². The highest BCUT2D eigenvalue weighted by Crippen LogP contribution is 2.34. The zero-order chi connectivity index (χ0) is 22.3. The lowest BCUT2D eigenvalue weighted by Crippen LogP contribution is -2.14. The number of nitrogens with one attached hydrogen (secondary N) is 1. The van der Waals surface area contributed by atoms with E-state index >= 15 is 0 Å². The summed E-state index contributed by atoms with van der Waals surface area (Å²) in [7, 11) is -9.62. The zero-order valence-electron chi connectivity index (χ0n) is 14.7. The van der Waals surface area contributed by atoms with Gasteiger partial charge in [-0.2, -0.15) is 16.8 Å². The number of hydrogen-bond acceptors (Lipinski definition) is 7. The molecule has 0 bridgehead atoms. The molecule has 0 saturated carbocycles. The molecular formula is C17H12N2O9S2. The first kappa shape index (κ1) is 21.3. The maximum atomic E-state index is 12.6. The van der Waals surface area contributed by atoms with E-state index in [1.165, 1.54) is 24.3 Å². The normalized spacial score (nSPS) is 11.9. The quantitative estimate of drug-likeness (QED) is 0.297. The number of benzene rings is 3. The summed E-state index contributed by atoms with van der Waals surface area (Å²) in [6.07, 6.45) is 0. The van der Waals surface area contributed by atoms with Crippen LogP contribution in [0.15, 0.2) is 64.4 Å². The van der Waals surface area contributed by atoms with E-state index in [0.717, 1.165) is 30.3 Å². The summed E-state index contributed by atoms with van der Waals surface area (Å²) in [5.41, 5.74) is -0.685. The van der Waals surface area contributed by atoms with Gasteiger partial charge in [0.25, 0.3) is 31.8 Å². The van der Waals surface area contributed by atoms with Gasteiger partial charge in [0.05, 0.1) is 10.6 Å². The Hall–Kier alpha value is -3.39. The maximum absolute atomic E-state index is 12.6. The van der Waals surface area contributed by atoms with Gasteiger partial charge in [0.15, 0.2) is 0 Å². The Morgan fingerprint density at radius 3 is 2.13 bits per heavy atom. The van der Waals surface area contributed by atoms with Crippen LogP contribution >= 0.6 is 0 Å². The molecule has 0 aliphatic carbocycles. The van der Waals surface area contributed by atoms with E-state index in [0.29, 0.717) is 0 Å². The highest BCUT2D eigenvalue weighted by atomic mass is 32.2. The molecule has 3 N–H and O–H groups in total. The third kappa shape index (κ3) is 4.13. The van der Waals surface area contributed by atoms with Crippen LogP contribution in [0.3, 0.4) is 0 Å². The maximum Gasteiger partial charge on any atom is 0.295 e. The van der Waals surface area contributed by atoms with Crippen LogP contribution < -0.4 is 5.32 Å². The summed E-state index contributed by atoms with van der Waals surface area (Å²) >= 11 is 0. The Bertz CT molecular complexity index is 1410. The van der Waals surface area contributed by atoms with Crippen molar-refractivity contribution in [3.63, 3.8) is 0 Å². The monoisotopic (exact) mass is 452 g/mol. The predicted octanol–water partition coefficient (Wildman–Crippen LogP) is 2.49. The number of amides is 1. The minimum Gasteiger partial charge on any atom is -0.321 e. The number of carbonyl (C=O) groups is 1. The first-order valence-corrected chi connectivity index (χ1v) is 10.8. The van der Waals surface area contributed by atoms with Gasteiger partial charge in [-0.25, -0.2) is 0 Å². The van der Waals surface area contributed by atoms with Crippen molar-refractivity contribution in [2.75, 3.05) is 5.32 Å². The Morgan fingerprint density at radius 2 is 1.53 bits per heavy atom. The van der Waals surface area contributed by atoms with Crippen molar-refractivity contribution in [2.24, 2.45) is 0 Å². The van der Waals surface area contributed by atoms with E-state index in [1.807, 2.05) is 0 Å². The Kier molecular flexibility index (Phi) is 5.30. The van der Waals surface area contributed by atoms with Crippen molar-refractivity contribution in [1.29, 1.82) is 0 Å². The third-order valence-electron chi connectivity index (χ3n) is 4.09. The van der Waals surface area contributed by atoms with Crippen LogP contribution in [0.1, 0.15) is 10.4 Å². The minimum absolute atomic E-state index is 0.124. The Labute approximate surface area is 169 Å². The lowest BCUT2D eigenvalue weighted by Gasteiger charge is -2.13. The smallest absolute Gasteiger partial charge is 0.295 e. The van der Waals surface area contributed by atoms with Gasteiger partial charge in [0.1, 0.15) is 9.79 Å². The summed E-state index contributed by atoms with van der Waals surface area (Å²) in [6.45, 7) is 0. The number of fused-ring (bicyclic) bond motifs is 1. The van der Waals surface area contributed by atoms with Crippen LogP contribution in [0.4, 0.5) is 11.4 Å². The Morgan fingerprint density at radius 1 is 0.900 bits per heavy atom. The molecule has 1 amide bonds. The molecule has 0 spiro atoms. The van der Waals surface area contributed by atoms with Crippen molar-refractivity contribution in [1.82, 2.24) is 0 Å². The SMILES string of the molecule is O=C(Nc1ccc(S(=O)(=O)O)c2cccc(S(=O)(=O)O)c12)c1cccc([N+](=O)[O-])c1. The standard InChI is InChI=1S/C17H12N2O9S2/c20-17(10-3-1-4-11(9-10)19(21)22)18-13-7-8-14(29(23,24)25)12-5-2-6-15(16(12)13)30(26,27)28/h1-9H,(H,18,20)(H,23,24,25)(H,26,27,28). The molecule has 156 valence electrons. The van der Waals surface area contributed by atoms with Crippen LogP contribution in [0.5, 0.6) is 0 Å². The lowest BCUT2D eigenvalue weighted by atomic mass is 10.1. The molecule has 3 aromatic rings. The highest BCUT2D eigenvalue weighted by molar-refractivity contribution is 7.86. The van der Waals surface area contributed by atoms with E-state index < -0.39 is 40.9 Å². The molecule has 11 nitrogen and oxygen atoms in total. The lowest BCUT2D eigenvalue weighted by molar-refractivity contribution is -0.384. The van der Waals surface area contributed by atoms with E-state index in [4.69, 9.17) is 0 Å². The van der Waals surface area contributed by atoms with Crippen LogP contribution in [-0.2, 0) is 20.2 Å². The number of hydrogen-bond donors (Lipinski definition) is 3. The molecule has 30 heavy (non-hydrogen) atoms. The van der Waals surface area contributed by atoms with Gasteiger partial charge in [-0.15, -0.1) is 0 Å². The van der Waals surface area contributed by atoms with Crippen LogP contribution in [0.25, 0.3) is 10.8 Å². The summed E-state index contributed by atoms with van der Waals surface area (Å²) in [4.78, 5) is 21.4. The fourth-order valence-corrected chi connectivity index (χ4v) is 4.26. The van der Waals surface area contributed by atoms with Crippen molar-refractivity contribution in [3.05, 3.63) is 70.3 Å². The molecule has 3 aromatic carbocycles. The number of carbonyl (C=O) groups excluding carboxylic acids is 1. The predicted molar refractivity (Wildman–Crippen MR) is 105 cm³/mol. The van der Waals surface area contributed by atoms with E-state index in [1.54, 1.807) is 0 Å². The molecular weight excluding hydrogens is 440 g/mol. The average molecular weight is 452 g/mol. The number of non-ortho nitro benzene ring substituents is 1.